The van der Waals surface area contributed by atoms with Crippen molar-refractivity contribution in [3.63, 3.8) is 0 Å². The van der Waals surface area contributed by atoms with Gasteiger partial charge in [0.25, 0.3) is 0 Å². The summed E-state index contributed by atoms with van der Waals surface area (Å²) in [6.07, 6.45) is 1.91. The Morgan fingerprint density at radius 3 is 2.57 bits per heavy atom. The van der Waals surface area contributed by atoms with Crippen LogP contribution >= 0.6 is 0 Å². The molecule has 2 aromatic rings. The Balaban J connectivity index is 2.21. The number of rotatable bonds is 6. The Bertz CT molecular complexity index is 608. The number of aryl methyl sites for hydroxylation is 2. The summed E-state index contributed by atoms with van der Waals surface area (Å²) in [6.45, 7) is 5.16. The van der Waals surface area contributed by atoms with Crippen molar-refractivity contribution in [1.29, 1.82) is 0 Å². The summed E-state index contributed by atoms with van der Waals surface area (Å²) in [5.41, 5.74) is 3.48. The molecule has 2 rings (SSSR count). The van der Waals surface area contributed by atoms with Crippen LogP contribution in [0, 0.1) is 13.8 Å². The Hall–Kier alpha value is -2.36. The molecule has 110 valence electrons. The third-order valence-electron chi connectivity index (χ3n) is 3.44. The van der Waals surface area contributed by atoms with Gasteiger partial charge in [0, 0.05) is 19.3 Å². The highest BCUT2D eigenvalue weighted by molar-refractivity contribution is 5.67. The molecule has 0 fully saturated rings. The molecule has 21 heavy (non-hydrogen) atoms. The maximum atomic E-state index is 10.9. The van der Waals surface area contributed by atoms with Crippen molar-refractivity contribution in [2.75, 3.05) is 11.4 Å². The number of benzene rings is 1. The van der Waals surface area contributed by atoms with Gasteiger partial charge >= 0.3 is 5.97 Å². The number of carboxylic acids is 1. The maximum Gasteiger partial charge on any atom is 0.305 e. The quantitative estimate of drug-likeness (QED) is 0.885. The fraction of sp³-hybridized carbons (Fsp3) is 0.294. The Kier molecular flexibility index (Phi) is 4.93. The molecule has 0 aliphatic rings. The van der Waals surface area contributed by atoms with E-state index in [4.69, 9.17) is 5.11 Å². The summed E-state index contributed by atoms with van der Waals surface area (Å²) in [5, 5.41) is 8.93. The number of pyridine rings is 1. The van der Waals surface area contributed by atoms with Crippen LogP contribution in [0.25, 0.3) is 0 Å². The van der Waals surface area contributed by atoms with Crippen LogP contribution in [-0.4, -0.2) is 22.6 Å². The number of hydrogen-bond donors (Lipinski definition) is 1. The van der Waals surface area contributed by atoms with Crippen LogP contribution in [0.4, 0.5) is 5.82 Å². The highest BCUT2D eigenvalue weighted by Crippen LogP contribution is 2.17. The molecule has 1 aromatic carbocycles. The molecule has 4 nitrogen and oxygen atoms in total. The van der Waals surface area contributed by atoms with Gasteiger partial charge in [0.05, 0.1) is 6.42 Å². The highest BCUT2D eigenvalue weighted by Gasteiger charge is 2.11. The van der Waals surface area contributed by atoms with Gasteiger partial charge in [-0.1, -0.05) is 30.3 Å². The van der Waals surface area contributed by atoms with E-state index in [9.17, 15) is 4.79 Å². The van der Waals surface area contributed by atoms with E-state index in [0.29, 0.717) is 13.1 Å². The third-order valence-corrected chi connectivity index (χ3v) is 3.44. The smallest absolute Gasteiger partial charge is 0.305 e. The Labute approximate surface area is 125 Å². The minimum absolute atomic E-state index is 0.0986. The van der Waals surface area contributed by atoms with E-state index in [2.05, 4.69) is 24.0 Å². The summed E-state index contributed by atoms with van der Waals surface area (Å²) >= 11 is 0. The molecule has 0 saturated heterocycles. The van der Waals surface area contributed by atoms with Gasteiger partial charge in [-0.3, -0.25) is 4.79 Å². The molecule has 0 spiro atoms. The summed E-state index contributed by atoms with van der Waals surface area (Å²) in [7, 11) is 0. The van der Waals surface area contributed by atoms with Gasteiger partial charge in [0.15, 0.2) is 0 Å². The van der Waals surface area contributed by atoms with E-state index in [1.807, 2.05) is 36.1 Å². The average molecular weight is 284 g/mol. The fourth-order valence-electron chi connectivity index (χ4n) is 2.15. The molecule has 0 saturated carbocycles. The molecule has 4 heteroatoms. The Morgan fingerprint density at radius 2 is 1.95 bits per heavy atom. The number of carbonyl (C=O) groups is 1. The van der Waals surface area contributed by atoms with Gasteiger partial charge in [-0.05, 0) is 36.6 Å². The van der Waals surface area contributed by atoms with Crippen LogP contribution in [0.15, 0.2) is 42.6 Å². The van der Waals surface area contributed by atoms with Crippen LogP contribution in [0.1, 0.15) is 23.1 Å². The SMILES string of the molecule is Cc1ccc(N(CCC(=O)O)Cc2ccccc2C)nc1. The first-order valence-corrected chi connectivity index (χ1v) is 7.00. The van der Waals surface area contributed by atoms with Gasteiger partial charge in [0.2, 0.25) is 0 Å². The van der Waals surface area contributed by atoms with E-state index in [1.165, 1.54) is 11.1 Å². The molecule has 0 bridgehead atoms. The van der Waals surface area contributed by atoms with Crippen molar-refractivity contribution in [3.8, 4) is 0 Å². The second kappa shape index (κ2) is 6.88. The molecule has 0 atom stereocenters. The summed E-state index contributed by atoms with van der Waals surface area (Å²) in [5.74, 6) is 0.0157. The first-order chi connectivity index (χ1) is 10.1. The van der Waals surface area contributed by atoms with Crippen molar-refractivity contribution in [1.82, 2.24) is 4.98 Å². The van der Waals surface area contributed by atoms with Gasteiger partial charge in [-0.2, -0.15) is 0 Å². The van der Waals surface area contributed by atoms with Crippen LogP contribution in [0.3, 0.4) is 0 Å². The summed E-state index contributed by atoms with van der Waals surface area (Å²) < 4.78 is 0. The highest BCUT2D eigenvalue weighted by atomic mass is 16.4. The number of carboxylic acid groups (broad SMARTS) is 1. The minimum atomic E-state index is -0.795. The fourth-order valence-corrected chi connectivity index (χ4v) is 2.15. The van der Waals surface area contributed by atoms with Gasteiger partial charge < -0.3 is 10.0 Å². The number of hydrogen-bond acceptors (Lipinski definition) is 3. The lowest BCUT2D eigenvalue weighted by Gasteiger charge is -2.24. The van der Waals surface area contributed by atoms with Gasteiger partial charge in [-0.15, -0.1) is 0 Å². The predicted octanol–water partition coefficient (Wildman–Crippen LogP) is 3.18. The van der Waals surface area contributed by atoms with Gasteiger partial charge in [0.1, 0.15) is 5.82 Å². The molecule has 0 radical (unpaired) electrons. The van der Waals surface area contributed by atoms with Crippen LogP contribution in [0.2, 0.25) is 0 Å². The van der Waals surface area contributed by atoms with Crippen molar-refractivity contribution in [2.45, 2.75) is 26.8 Å². The predicted molar refractivity (Wildman–Crippen MR) is 83.5 cm³/mol. The first kappa shape index (κ1) is 15.0. The molecule has 1 aromatic heterocycles. The molecular weight excluding hydrogens is 264 g/mol. The average Bonchev–Trinajstić information content (AvgIpc) is 2.46. The van der Waals surface area contributed by atoms with E-state index in [-0.39, 0.29) is 6.42 Å². The van der Waals surface area contributed by atoms with Crippen LogP contribution in [0.5, 0.6) is 0 Å². The lowest BCUT2D eigenvalue weighted by Crippen LogP contribution is -2.26. The zero-order valence-electron chi connectivity index (χ0n) is 12.4. The molecule has 1 heterocycles. The molecule has 0 unspecified atom stereocenters. The van der Waals surface area contributed by atoms with E-state index < -0.39 is 5.97 Å². The zero-order valence-corrected chi connectivity index (χ0v) is 12.4. The normalized spacial score (nSPS) is 10.4. The first-order valence-electron chi connectivity index (χ1n) is 7.00. The lowest BCUT2D eigenvalue weighted by atomic mass is 10.1. The van der Waals surface area contributed by atoms with Gasteiger partial charge in [-0.25, -0.2) is 4.98 Å². The summed E-state index contributed by atoms with van der Waals surface area (Å²) in [6, 6.07) is 12.1. The standard InChI is InChI=1S/C17H20N2O2/c1-13-7-8-16(18-11-13)19(10-9-17(20)21)12-15-6-4-3-5-14(15)2/h3-8,11H,9-10,12H2,1-2H3,(H,20,21). The molecule has 0 aliphatic carbocycles. The van der Waals surface area contributed by atoms with Crippen molar-refractivity contribution in [2.24, 2.45) is 0 Å². The van der Waals surface area contributed by atoms with E-state index >= 15 is 0 Å². The van der Waals surface area contributed by atoms with Crippen LogP contribution in [-0.2, 0) is 11.3 Å². The zero-order chi connectivity index (χ0) is 15.2. The summed E-state index contributed by atoms with van der Waals surface area (Å²) in [4.78, 5) is 17.3. The Morgan fingerprint density at radius 1 is 1.19 bits per heavy atom. The maximum absolute atomic E-state index is 10.9. The monoisotopic (exact) mass is 284 g/mol. The molecule has 1 N–H and O–H groups in total. The second-order valence-electron chi connectivity index (χ2n) is 5.19. The number of aliphatic carboxylic acids is 1. The van der Waals surface area contributed by atoms with E-state index in [1.54, 1.807) is 6.20 Å². The third kappa shape index (κ3) is 4.31. The second-order valence-corrected chi connectivity index (χ2v) is 5.19. The molecular formula is C17H20N2O2. The molecule has 0 aliphatic heterocycles. The number of nitrogens with zero attached hydrogens (tertiary/aromatic N) is 2. The van der Waals surface area contributed by atoms with Crippen molar-refractivity contribution < 1.29 is 9.90 Å². The largest absolute Gasteiger partial charge is 0.481 e. The van der Waals surface area contributed by atoms with Crippen molar-refractivity contribution in [3.05, 3.63) is 59.3 Å². The lowest BCUT2D eigenvalue weighted by molar-refractivity contribution is -0.136. The van der Waals surface area contributed by atoms with Crippen molar-refractivity contribution >= 4 is 11.8 Å². The van der Waals surface area contributed by atoms with E-state index in [0.717, 1.165) is 11.4 Å². The molecule has 0 amide bonds. The minimum Gasteiger partial charge on any atom is -0.481 e. The number of aromatic nitrogens is 1. The van der Waals surface area contributed by atoms with Crippen LogP contribution < -0.4 is 4.90 Å². The topological polar surface area (TPSA) is 53.4 Å². The number of anilines is 1.